The fourth-order valence-electron chi connectivity index (χ4n) is 2.15. The van der Waals surface area contributed by atoms with E-state index < -0.39 is 0 Å². The van der Waals surface area contributed by atoms with Gasteiger partial charge in [-0.3, -0.25) is 4.79 Å². The molecule has 2 rings (SSSR count). The molecule has 0 radical (unpaired) electrons. The summed E-state index contributed by atoms with van der Waals surface area (Å²) in [4.78, 5) is 11.2. The van der Waals surface area contributed by atoms with Gasteiger partial charge >= 0.3 is 0 Å². The minimum atomic E-state index is -0.385. The molecule has 0 atom stereocenters. The number of carbonyl (C=O) groups is 1. The molecule has 0 saturated heterocycles. The number of primary amides is 1. The van der Waals surface area contributed by atoms with Gasteiger partial charge in [-0.05, 0) is 53.8 Å². The Kier molecular flexibility index (Phi) is 4.23. The van der Waals surface area contributed by atoms with Crippen LogP contribution >= 0.6 is 11.6 Å². The van der Waals surface area contributed by atoms with Gasteiger partial charge in [-0.15, -0.1) is 0 Å². The lowest BCUT2D eigenvalue weighted by Gasteiger charge is -2.10. The van der Waals surface area contributed by atoms with Crippen molar-refractivity contribution >= 4 is 17.5 Å². The predicted molar refractivity (Wildman–Crippen MR) is 78.6 cm³/mol. The molecule has 0 fully saturated rings. The van der Waals surface area contributed by atoms with Crippen molar-refractivity contribution in [3.05, 3.63) is 69.7 Å². The number of amides is 1. The summed E-state index contributed by atoms with van der Waals surface area (Å²) in [6, 6.07) is 13.4. The Morgan fingerprint density at radius 1 is 1.16 bits per heavy atom. The predicted octanol–water partition coefficient (Wildman–Crippen LogP) is 3.59. The standard InChI is InChI=1S/C16H16ClNO/c1-2-12-10-14(16(18)19)7-6-13(12)8-11-4-3-5-15(17)9-11/h3-7,9-10H,2,8H2,1H3,(H2,18,19). The van der Waals surface area contributed by atoms with Crippen LogP contribution in [0.15, 0.2) is 42.5 Å². The quantitative estimate of drug-likeness (QED) is 0.909. The first kappa shape index (κ1) is 13.6. The minimum Gasteiger partial charge on any atom is -0.366 e. The van der Waals surface area contributed by atoms with Gasteiger partial charge in [0.25, 0.3) is 0 Å². The van der Waals surface area contributed by atoms with E-state index in [-0.39, 0.29) is 5.91 Å². The Balaban J connectivity index is 2.32. The maximum atomic E-state index is 11.2. The van der Waals surface area contributed by atoms with Crippen molar-refractivity contribution in [2.75, 3.05) is 0 Å². The SMILES string of the molecule is CCc1cc(C(N)=O)ccc1Cc1cccc(Cl)c1. The smallest absolute Gasteiger partial charge is 0.248 e. The van der Waals surface area contributed by atoms with Gasteiger partial charge < -0.3 is 5.73 Å². The number of rotatable bonds is 4. The Hall–Kier alpha value is -1.80. The largest absolute Gasteiger partial charge is 0.366 e. The number of carbonyl (C=O) groups excluding carboxylic acids is 1. The maximum absolute atomic E-state index is 11.2. The van der Waals surface area contributed by atoms with Crippen molar-refractivity contribution in [3.63, 3.8) is 0 Å². The van der Waals surface area contributed by atoms with E-state index in [2.05, 4.69) is 6.92 Å². The molecule has 3 heteroatoms. The van der Waals surface area contributed by atoms with E-state index in [1.54, 1.807) is 6.07 Å². The van der Waals surface area contributed by atoms with Crippen LogP contribution in [-0.2, 0) is 12.8 Å². The first-order valence-electron chi connectivity index (χ1n) is 6.26. The third-order valence-electron chi connectivity index (χ3n) is 3.16. The molecule has 0 aliphatic rings. The lowest BCUT2D eigenvalue weighted by Crippen LogP contribution is -2.11. The Morgan fingerprint density at radius 2 is 1.95 bits per heavy atom. The van der Waals surface area contributed by atoms with E-state index in [1.165, 1.54) is 5.56 Å². The molecule has 0 aromatic heterocycles. The number of halogens is 1. The van der Waals surface area contributed by atoms with Crippen LogP contribution in [0.1, 0.15) is 34.0 Å². The lowest BCUT2D eigenvalue weighted by atomic mass is 9.96. The summed E-state index contributed by atoms with van der Waals surface area (Å²) < 4.78 is 0. The van der Waals surface area contributed by atoms with Crippen molar-refractivity contribution in [2.45, 2.75) is 19.8 Å². The fourth-order valence-corrected chi connectivity index (χ4v) is 2.36. The molecule has 1 amide bonds. The molecule has 19 heavy (non-hydrogen) atoms. The minimum absolute atomic E-state index is 0.385. The summed E-state index contributed by atoms with van der Waals surface area (Å²) in [6.45, 7) is 2.07. The second-order valence-electron chi connectivity index (χ2n) is 4.51. The van der Waals surface area contributed by atoms with Crippen molar-refractivity contribution in [1.82, 2.24) is 0 Å². The zero-order valence-corrected chi connectivity index (χ0v) is 11.6. The summed E-state index contributed by atoms with van der Waals surface area (Å²) in [6.07, 6.45) is 1.68. The number of hydrogen-bond acceptors (Lipinski definition) is 1. The van der Waals surface area contributed by atoms with E-state index in [1.807, 2.05) is 36.4 Å². The third kappa shape index (κ3) is 3.36. The molecule has 2 aromatic carbocycles. The summed E-state index contributed by atoms with van der Waals surface area (Å²) in [5, 5.41) is 0.740. The zero-order valence-electron chi connectivity index (χ0n) is 10.8. The van der Waals surface area contributed by atoms with Gasteiger partial charge in [0.15, 0.2) is 0 Å². The Bertz CT molecular complexity index is 607. The van der Waals surface area contributed by atoms with E-state index >= 15 is 0 Å². The molecule has 2 nitrogen and oxygen atoms in total. The van der Waals surface area contributed by atoms with E-state index in [4.69, 9.17) is 17.3 Å². The van der Waals surface area contributed by atoms with Crippen LogP contribution in [0.3, 0.4) is 0 Å². The molecule has 0 aliphatic carbocycles. The normalized spacial score (nSPS) is 10.4. The molecular weight excluding hydrogens is 258 g/mol. The highest BCUT2D eigenvalue weighted by atomic mass is 35.5. The highest BCUT2D eigenvalue weighted by Crippen LogP contribution is 2.19. The van der Waals surface area contributed by atoms with Gasteiger partial charge in [0.2, 0.25) is 5.91 Å². The fraction of sp³-hybridized carbons (Fsp3) is 0.188. The number of hydrogen-bond donors (Lipinski definition) is 1. The Morgan fingerprint density at radius 3 is 2.58 bits per heavy atom. The van der Waals surface area contributed by atoms with Crippen LogP contribution in [0, 0.1) is 0 Å². The van der Waals surface area contributed by atoms with E-state index in [0.717, 1.165) is 29.0 Å². The molecular formula is C16H16ClNO. The number of nitrogens with two attached hydrogens (primary N) is 1. The van der Waals surface area contributed by atoms with Crippen LogP contribution < -0.4 is 5.73 Å². The zero-order chi connectivity index (χ0) is 13.8. The molecule has 0 saturated carbocycles. The maximum Gasteiger partial charge on any atom is 0.248 e. The summed E-state index contributed by atoms with van der Waals surface area (Å²) in [7, 11) is 0. The van der Waals surface area contributed by atoms with E-state index in [9.17, 15) is 4.79 Å². The average Bonchev–Trinajstić information content (AvgIpc) is 2.39. The second kappa shape index (κ2) is 5.89. The molecule has 2 aromatic rings. The lowest BCUT2D eigenvalue weighted by molar-refractivity contribution is 0.1000. The topological polar surface area (TPSA) is 43.1 Å². The molecule has 0 bridgehead atoms. The molecule has 0 spiro atoms. The summed E-state index contributed by atoms with van der Waals surface area (Å²) in [5.41, 5.74) is 9.38. The van der Waals surface area contributed by atoms with Crippen LogP contribution in [0.2, 0.25) is 5.02 Å². The van der Waals surface area contributed by atoms with Crippen LogP contribution in [0.25, 0.3) is 0 Å². The Labute approximate surface area is 118 Å². The van der Waals surface area contributed by atoms with Gasteiger partial charge in [0.1, 0.15) is 0 Å². The molecule has 0 aliphatic heterocycles. The van der Waals surface area contributed by atoms with Gasteiger partial charge in [0, 0.05) is 10.6 Å². The first-order chi connectivity index (χ1) is 9.10. The number of benzene rings is 2. The molecule has 0 unspecified atom stereocenters. The van der Waals surface area contributed by atoms with Gasteiger partial charge in [0.05, 0.1) is 0 Å². The van der Waals surface area contributed by atoms with Crippen LogP contribution in [-0.4, -0.2) is 5.91 Å². The first-order valence-corrected chi connectivity index (χ1v) is 6.64. The second-order valence-corrected chi connectivity index (χ2v) is 4.94. The van der Waals surface area contributed by atoms with Gasteiger partial charge in [-0.1, -0.05) is 36.7 Å². The monoisotopic (exact) mass is 273 g/mol. The van der Waals surface area contributed by atoms with Crippen LogP contribution in [0.4, 0.5) is 0 Å². The van der Waals surface area contributed by atoms with Crippen molar-refractivity contribution < 1.29 is 4.79 Å². The van der Waals surface area contributed by atoms with Gasteiger partial charge in [-0.25, -0.2) is 0 Å². The van der Waals surface area contributed by atoms with Gasteiger partial charge in [-0.2, -0.15) is 0 Å². The highest BCUT2D eigenvalue weighted by molar-refractivity contribution is 6.30. The van der Waals surface area contributed by atoms with Crippen molar-refractivity contribution in [1.29, 1.82) is 0 Å². The average molecular weight is 274 g/mol. The van der Waals surface area contributed by atoms with Crippen molar-refractivity contribution in [3.8, 4) is 0 Å². The number of aryl methyl sites for hydroxylation is 1. The summed E-state index contributed by atoms with van der Waals surface area (Å²) >= 11 is 5.99. The highest BCUT2D eigenvalue weighted by Gasteiger charge is 2.07. The molecule has 0 heterocycles. The molecule has 2 N–H and O–H groups in total. The molecule has 98 valence electrons. The third-order valence-corrected chi connectivity index (χ3v) is 3.39. The van der Waals surface area contributed by atoms with E-state index in [0.29, 0.717) is 5.56 Å². The van der Waals surface area contributed by atoms with Crippen LogP contribution in [0.5, 0.6) is 0 Å². The van der Waals surface area contributed by atoms with Crippen molar-refractivity contribution in [2.24, 2.45) is 5.73 Å². The summed E-state index contributed by atoms with van der Waals surface area (Å²) in [5.74, 6) is -0.385.